The summed E-state index contributed by atoms with van der Waals surface area (Å²) in [5.74, 6) is -0.0691. The van der Waals surface area contributed by atoms with Crippen LogP contribution in [0, 0.1) is 6.92 Å². The highest BCUT2D eigenvalue weighted by Crippen LogP contribution is 2.20. The van der Waals surface area contributed by atoms with Gasteiger partial charge in [-0.3, -0.25) is 9.59 Å². The van der Waals surface area contributed by atoms with E-state index < -0.39 is 0 Å². The molecule has 0 bridgehead atoms. The molecule has 2 aromatic carbocycles. The van der Waals surface area contributed by atoms with E-state index in [1.54, 1.807) is 11.9 Å². The number of amides is 2. The van der Waals surface area contributed by atoms with Crippen LogP contribution in [0.2, 0.25) is 0 Å². The van der Waals surface area contributed by atoms with Gasteiger partial charge < -0.3 is 10.2 Å². The molecule has 2 rings (SSSR count). The third-order valence-electron chi connectivity index (χ3n) is 3.75. The maximum absolute atomic E-state index is 12.2. The smallest absolute Gasteiger partial charge is 0.226 e. The molecule has 5 heteroatoms. The molecule has 0 radical (unpaired) electrons. The van der Waals surface area contributed by atoms with E-state index in [0.717, 1.165) is 21.4 Å². The number of nitrogens with one attached hydrogen (secondary N) is 1. The van der Waals surface area contributed by atoms with Crippen molar-refractivity contribution in [1.29, 1.82) is 0 Å². The molecule has 0 unspecified atom stereocenters. The molecule has 0 aliphatic rings. The molecule has 0 heterocycles. The Hall–Kier alpha value is -2.14. The van der Waals surface area contributed by atoms with Crippen LogP contribution in [-0.2, 0) is 9.59 Å². The first-order valence-corrected chi connectivity index (χ1v) is 8.64. The maximum atomic E-state index is 12.2. The van der Waals surface area contributed by atoms with Crippen molar-refractivity contribution >= 4 is 39.1 Å². The lowest BCUT2D eigenvalue weighted by Gasteiger charge is -2.17. The zero-order valence-electron chi connectivity index (χ0n) is 13.9. The van der Waals surface area contributed by atoms with Gasteiger partial charge in [-0.05, 0) is 49.2 Å². The van der Waals surface area contributed by atoms with Gasteiger partial charge in [-0.2, -0.15) is 0 Å². The lowest BCUT2D eigenvalue weighted by atomic mass is 10.2. The number of aryl methyl sites for hydroxylation is 1. The predicted molar refractivity (Wildman–Crippen MR) is 101 cm³/mol. The Balaban J connectivity index is 1.77. The average Bonchev–Trinajstić information content (AvgIpc) is 2.58. The van der Waals surface area contributed by atoms with Gasteiger partial charge in [-0.15, -0.1) is 0 Å². The van der Waals surface area contributed by atoms with E-state index in [-0.39, 0.29) is 11.8 Å². The second-order valence-corrected chi connectivity index (χ2v) is 6.51. The lowest BCUT2D eigenvalue weighted by molar-refractivity contribution is -0.118. The van der Waals surface area contributed by atoms with E-state index in [1.165, 1.54) is 0 Å². The predicted octanol–water partition coefficient (Wildman–Crippen LogP) is 4.53. The second kappa shape index (κ2) is 8.64. The fourth-order valence-corrected chi connectivity index (χ4v) is 2.56. The molecule has 0 saturated carbocycles. The highest BCUT2D eigenvalue weighted by Gasteiger charge is 2.11. The second-order valence-electron chi connectivity index (χ2n) is 5.65. The van der Waals surface area contributed by atoms with Crippen molar-refractivity contribution in [3.63, 3.8) is 0 Å². The Morgan fingerprint density at radius 2 is 1.79 bits per heavy atom. The number of nitrogens with zero attached hydrogens (tertiary/aromatic N) is 1. The van der Waals surface area contributed by atoms with E-state index in [0.29, 0.717) is 19.3 Å². The van der Waals surface area contributed by atoms with Gasteiger partial charge in [0.25, 0.3) is 0 Å². The van der Waals surface area contributed by atoms with Crippen molar-refractivity contribution in [3.05, 3.63) is 58.6 Å². The van der Waals surface area contributed by atoms with Crippen molar-refractivity contribution < 1.29 is 9.59 Å². The Bertz CT molecular complexity index is 717. The topological polar surface area (TPSA) is 49.4 Å². The first-order chi connectivity index (χ1) is 11.5. The minimum Gasteiger partial charge on any atom is -0.326 e. The third-order valence-corrected chi connectivity index (χ3v) is 4.64. The van der Waals surface area contributed by atoms with Crippen LogP contribution >= 0.6 is 15.9 Å². The number of carbonyl (C=O) groups excluding carboxylic acids is 2. The van der Waals surface area contributed by atoms with Crippen molar-refractivity contribution in [2.24, 2.45) is 0 Å². The molecule has 0 aliphatic carbocycles. The quantitative estimate of drug-likeness (QED) is 0.789. The first-order valence-electron chi connectivity index (χ1n) is 7.85. The fraction of sp³-hybridized carbons (Fsp3) is 0.263. The van der Waals surface area contributed by atoms with Crippen LogP contribution in [0.15, 0.2) is 53.0 Å². The monoisotopic (exact) mass is 388 g/mol. The van der Waals surface area contributed by atoms with Crippen LogP contribution in [0.3, 0.4) is 0 Å². The normalized spacial score (nSPS) is 10.3. The Kier molecular flexibility index (Phi) is 6.55. The van der Waals surface area contributed by atoms with Crippen molar-refractivity contribution in [2.75, 3.05) is 17.3 Å². The van der Waals surface area contributed by atoms with E-state index in [1.807, 2.05) is 55.5 Å². The molecule has 126 valence electrons. The van der Waals surface area contributed by atoms with Crippen molar-refractivity contribution in [3.8, 4) is 0 Å². The molecule has 0 atom stereocenters. The SMILES string of the molecule is Cc1cc(NC(=O)CCCC(=O)N(C)c2ccccc2)ccc1Br. The zero-order chi connectivity index (χ0) is 17.5. The summed E-state index contributed by atoms with van der Waals surface area (Å²) in [6.45, 7) is 1.97. The minimum atomic E-state index is -0.0770. The number of hydrogen-bond acceptors (Lipinski definition) is 2. The number of hydrogen-bond donors (Lipinski definition) is 1. The average molecular weight is 389 g/mol. The number of carbonyl (C=O) groups is 2. The van der Waals surface area contributed by atoms with Crippen LogP contribution in [0.1, 0.15) is 24.8 Å². The maximum Gasteiger partial charge on any atom is 0.226 e. The molecule has 0 aromatic heterocycles. The Morgan fingerprint density at radius 3 is 2.46 bits per heavy atom. The van der Waals surface area contributed by atoms with Crippen molar-refractivity contribution in [2.45, 2.75) is 26.2 Å². The summed E-state index contributed by atoms with van der Waals surface area (Å²) in [7, 11) is 1.75. The molecule has 4 nitrogen and oxygen atoms in total. The molecule has 0 aliphatic heterocycles. The standard InChI is InChI=1S/C19H21BrN2O2/c1-14-13-15(11-12-17(14)20)21-18(23)9-6-10-19(24)22(2)16-7-4-3-5-8-16/h3-5,7-8,11-13H,6,9-10H2,1-2H3,(H,21,23). The highest BCUT2D eigenvalue weighted by atomic mass is 79.9. The van der Waals surface area contributed by atoms with E-state index in [9.17, 15) is 9.59 Å². The largest absolute Gasteiger partial charge is 0.326 e. The number of halogens is 1. The van der Waals surface area contributed by atoms with Crippen LogP contribution in [-0.4, -0.2) is 18.9 Å². The van der Waals surface area contributed by atoms with E-state index in [2.05, 4.69) is 21.2 Å². The van der Waals surface area contributed by atoms with E-state index >= 15 is 0 Å². The Morgan fingerprint density at radius 1 is 1.08 bits per heavy atom. The molecule has 0 fully saturated rings. The molecule has 1 N–H and O–H groups in total. The summed E-state index contributed by atoms with van der Waals surface area (Å²) in [4.78, 5) is 25.8. The minimum absolute atomic E-state index is 0.00786. The molecular formula is C19H21BrN2O2. The van der Waals surface area contributed by atoms with Gasteiger partial charge in [-0.1, -0.05) is 34.1 Å². The van der Waals surface area contributed by atoms with Crippen molar-refractivity contribution in [1.82, 2.24) is 0 Å². The van der Waals surface area contributed by atoms with Gasteiger partial charge in [0.2, 0.25) is 11.8 Å². The summed E-state index contributed by atoms with van der Waals surface area (Å²) in [6.07, 6.45) is 1.19. The Labute approximate surface area is 151 Å². The van der Waals surface area contributed by atoms with Crippen LogP contribution in [0.25, 0.3) is 0 Å². The molecular weight excluding hydrogens is 368 g/mol. The van der Waals surface area contributed by atoms with Gasteiger partial charge in [0, 0.05) is 35.7 Å². The molecule has 2 amide bonds. The molecule has 24 heavy (non-hydrogen) atoms. The van der Waals surface area contributed by atoms with Gasteiger partial charge >= 0.3 is 0 Å². The number of para-hydroxylation sites is 1. The van der Waals surface area contributed by atoms with Crippen LogP contribution < -0.4 is 10.2 Å². The summed E-state index contributed by atoms with van der Waals surface area (Å²) in [6, 6.07) is 15.2. The first kappa shape index (κ1) is 18.2. The zero-order valence-corrected chi connectivity index (χ0v) is 15.5. The number of benzene rings is 2. The molecule has 0 spiro atoms. The van der Waals surface area contributed by atoms with Crippen LogP contribution in [0.4, 0.5) is 11.4 Å². The summed E-state index contributed by atoms with van der Waals surface area (Å²) < 4.78 is 1.01. The van der Waals surface area contributed by atoms with Gasteiger partial charge in [0.05, 0.1) is 0 Å². The number of rotatable bonds is 6. The van der Waals surface area contributed by atoms with Gasteiger partial charge in [-0.25, -0.2) is 0 Å². The number of anilines is 2. The highest BCUT2D eigenvalue weighted by molar-refractivity contribution is 9.10. The van der Waals surface area contributed by atoms with Gasteiger partial charge in [0.15, 0.2) is 0 Å². The molecule has 2 aromatic rings. The van der Waals surface area contributed by atoms with Crippen LogP contribution in [0.5, 0.6) is 0 Å². The summed E-state index contributed by atoms with van der Waals surface area (Å²) in [5, 5.41) is 2.86. The third kappa shape index (κ3) is 5.20. The lowest BCUT2D eigenvalue weighted by Crippen LogP contribution is -2.26. The molecule has 0 saturated heterocycles. The summed E-state index contributed by atoms with van der Waals surface area (Å²) in [5.41, 5.74) is 2.69. The van der Waals surface area contributed by atoms with E-state index in [4.69, 9.17) is 0 Å². The fourth-order valence-electron chi connectivity index (χ4n) is 2.31. The van der Waals surface area contributed by atoms with Gasteiger partial charge in [0.1, 0.15) is 0 Å². The summed E-state index contributed by atoms with van der Waals surface area (Å²) >= 11 is 3.43.